The van der Waals surface area contributed by atoms with E-state index in [4.69, 9.17) is 27.9 Å². The average Bonchev–Trinajstić information content (AvgIpc) is 2.66. The lowest BCUT2D eigenvalue weighted by Gasteiger charge is -2.25. The Balaban J connectivity index is 2.14. The molecule has 0 aromatic heterocycles. The maximum absolute atomic E-state index is 11.6. The van der Waals surface area contributed by atoms with E-state index in [1.165, 1.54) is 0 Å². The third-order valence-electron chi connectivity index (χ3n) is 4.15. The van der Waals surface area contributed by atoms with Crippen molar-refractivity contribution in [3.05, 3.63) is 58.1 Å². The van der Waals surface area contributed by atoms with Crippen LogP contribution in [0.15, 0.2) is 42.5 Å². The van der Waals surface area contributed by atoms with E-state index in [9.17, 15) is 19.8 Å². The summed E-state index contributed by atoms with van der Waals surface area (Å²) in [6.45, 7) is 1.66. The van der Waals surface area contributed by atoms with Gasteiger partial charge >= 0.3 is 5.97 Å². The van der Waals surface area contributed by atoms with Gasteiger partial charge < -0.3 is 20.3 Å². The van der Waals surface area contributed by atoms with Crippen LogP contribution in [0, 0.1) is 0 Å². The van der Waals surface area contributed by atoms with Crippen molar-refractivity contribution in [2.45, 2.75) is 31.6 Å². The summed E-state index contributed by atoms with van der Waals surface area (Å²) in [7, 11) is 0. The van der Waals surface area contributed by atoms with Crippen molar-refractivity contribution >= 4 is 35.6 Å². The van der Waals surface area contributed by atoms with Crippen LogP contribution in [0.1, 0.15) is 12.5 Å². The Kier molecular flexibility index (Phi) is 8.26. The molecule has 0 aliphatic heterocycles. The van der Waals surface area contributed by atoms with Crippen molar-refractivity contribution in [2.24, 2.45) is 0 Å². The van der Waals surface area contributed by atoms with Gasteiger partial charge in [-0.2, -0.15) is 0 Å². The van der Waals surface area contributed by atoms with E-state index in [1.807, 2.05) is 24.3 Å². The first-order valence-electron chi connectivity index (χ1n) is 8.63. The molecule has 3 N–H and O–H groups in total. The zero-order valence-electron chi connectivity index (χ0n) is 15.1. The smallest absolute Gasteiger partial charge is 0.337 e. The third-order valence-corrected chi connectivity index (χ3v) is 4.59. The van der Waals surface area contributed by atoms with Gasteiger partial charge in [0.2, 0.25) is 6.41 Å². The zero-order chi connectivity index (χ0) is 20.7. The molecule has 1 amide bonds. The first-order chi connectivity index (χ1) is 13.3. The molecule has 28 heavy (non-hydrogen) atoms. The molecule has 0 saturated carbocycles. The minimum absolute atomic E-state index is 0.0728. The van der Waals surface area contributed by atoms with Crippen molar-refractivity contribution in [3.8, 4) is 11.1 Å². The van der Waals surface area contributed by atoms with Crippen LogP contribution >= 0.6 is 23.2 Å². The number of carbonyl (C=O) groups is 2. The highest BCUT2D eigenvalue weighted by molar-refractivity contribution is 6.35. The van der Waals surface area contributed by atoms with Crippen LogP contribution in [0.2, 0.25) is 10.0 Å². The van der Waals surface area contributed by atoms with E-state index in [-0.39, 0.29) is 13.0 Å². The molecule has 0 heterocycles. The second-order valence-corrected chi connectivity index (χ2v) is 7.01. The predicted octanol–water partition coefficient (Wildman–Crippen LogP) is 2.60. The van der Waals surface area contributed by atoms with E-state index < -0.39 is 24.2 Å². The Morgan fingerprint density at radius 1 is 1.11 bits per heavy atom. The Hall–Kier alpha value is -2.12. The van der Waals surface area contributed by atoms with E-state index in [0.29, 0.717) is 16.5 Å². The van der Waals surface area contributed by atoms with Crippen LogP contribution in [0.4, 0.5) is 0 Å². The summed E-state index contributed by atoms with van der Waals surface area (Å²) in [4.78, 5) is 22.5. The number of rotatable bonds is 9. The van der Waals surface area contributed by atoms with Gasteiger partial charge in [0.15, 0.2) is 6.10 Å². The van der Waals surface area contributed by atoms with Gasteiger partial charge in [0.05, 0.1) is 12.6 Å². The van der Waals surface area contributed by atoms with Crippen molar-refractivity contribution in [1.82, 2.24) is 5.32 Å². The lowest BCUT2D eigenvalue weighted by Crippen LogP contribution is -2.50. The molecule has 2 rings (SSSR count). The summed E-state index contributed by atoms with van der Waals surface area (Å²) < 4.78 is 4.70. The standard InChI is InChI=1S/C20H21Cl2NO5/c1-2-28-20(27)19(26)18(25)17(23-11-24)7-12-3-5-13(6-4-12)14-8-15(21)10-16(22)9-14/h3-6,8-11,17-19,25-26H,2,7H2,1H3,(H,23,24). The second kappa shape index (κ2) is 10.4. The number of hydrogen-bond acceptors (Lipinski definition) is 5. The Morgan fingerprint density at radius 3 is 2.25 bits per heavy atom. The zero-order valence-corrected chi connectivity index (χ0v) is 16.7. The molecule has 0 spiro atoms. The van der Waals surface area contributed by atoms with Crippen LogP contribution in [-0.4, -0.2) is 47.4 Å². The number of halogens is 2. The molecule has 0 aliphatic carbocycles. The molecule has 8 heteroatoms. The predicted molar refractivity (Wildman–Crippen MR) is 107 cm³/mol. The van der Waals surface area contributed by atoms with Crippen molar-refractivity contribution in [3.63, 3.8) is 0 Å². The first kappa shape index (κ1) is 22.2. The molecule has 2 aromatic carbocycles. The summed E-state index contributed by atoms with van der Waals surface area (Å²) in [6, 6.07) is 11.7. The van der Waals surface area contributed by atoms with Crippen molar-refractivity contribution in [1.29, 1.82) is 0 Å². The lowest BCUT2D eigenvalue weighted by molar-refractivity contribution is -0.160. The SMILES string of the molecule is CCOC(=O)C(O)C(O)C(Cc1ccc(-c2cc(Cl)cc(Cl)c2)cc1)NC=O. The van der Waals surface area contributed by atoms with E-state index in [2.05, 4.69) is 5.32 Å². The van der Waals surface area contributed by atoms with Gasteiger partial charge in [-0.1, -0.05) is 47.5 Å². The monoisotopic (exact) mass is 425 g/mol. The highest BCUT2D eigenvalue weighted by Gasteiger charge is 2.32. The summed E-state index contributed by atoms with van der Waals surface area (Å²) in [5.74, 6) is -0.944. The Labute approximate surface area is 173 Å². The summed E-state index contributed by atoms with van der Waals surface area (Å²) in [5.41, 5.74) is 2.52. The number of hydrogen-bond donors (Lipinski definition) is 3. The molecule has 3 unspecified atom stereocenters. The number of nitrogens with one attached hydrogen (secondary N) is 1. The number of esters is 1. The number of benzene rings is 2. The molecule has 0 aliphatic rings. The van der Waals surface area contributed by atoms with Crippen LogP contribution < -0.4 is 5.32 Å². The van der Waals surface area contributed by atoms with Gasteiger partial charge in [-0.3, -0.25) is 4.79 Å². The number of aliphatic hydroxyl groups is 2. The fourth-order valence-electron chi connectivity index (χ4n) is 2.76. The van der Waals surface area contributed by atoms with Gasteiger partial charge in [0.1, 0.15) is 6.10 Å². The molecule has 0 saturated heterocycles. The van der Waals surface area contributed by atoms with Gasteiger partial charge in [0, 0.05) is 10.0 Å². The minimum atomic E-state index is -1.76. The maximum atomic E-state index is 11.6. The van der Waals surface area contributed by atoms with E-state index in [0.717, 1.165) is 16.7 Å². The van der Waals surface area contributed by atoms with Crippen LogP contribution in [0.25, 0.3) is 11.1 Å². The van der Waals surface area contributed by atoms with Crippen molar-refractivity contribution in [2.75, 3.05) is 6.61 Å². The maximum Gasteiger partial charge on any atom is 0.337 e. The van der Waals surface area contributed by atoms with Crippen LogP contribution in [0.5, 0.6) is 0 Å². The molecule has 0 fully saturated rings. The number of ether oxygens (including phenoxy) is 1. The number of carbonyl (C=O) groups excluding carboxylic acids is 2. The summed E-state index contributed by atoms with van der Waals surface area (Å²) in [6.07, 6.45) is -2.66. The molecule has 3 atom stereocenters. The summed E-state index contributed by atoms with van der Waals surface area (Å²) >= 11 is 12.1. The van der Waals surface area contributed by atoms with Gasteiger partial charge in [0.25, 0.3) is 0 Å². The van der Waals surface area contributed by atoms with Crippen LogP contribution in [-0.2, 0) is 20.7 Å². The van der Waals surface area contributed by atoms with Gasteiger partial charge in [-0.05, 0) is 48.2 Å². The van der Waals surface area contributed by atoms with E-state index >= 15 is 0 Å². The normalized spacial score (nSPS) is 14.0. The van der Waals surface area contributed by atoms with E-state index in [1.54, 1.807) is 25.1 Å². The lowest BCUT2D eigenvalue weighted by atomic mass is 9.96. The quantitative estimate of drug-likeness (QED) is 0.423. The second-order valence-electron chi connectivity index (χ2n) is 6.14. The highest BCUT2D eigenvalue weighted by Crippen LogP contribution is 2.27. The van der Waals surface area contributed by atoms with Gasteiger partial charge in [-0.25, -0.2) is 4.79 Å². The fourth-order valence-corrected chi connectivity index (χ4v) is 3.29. The van der Waals surface area contributed by atoms with Gasteiger partial charge in [-0.15, -0.1) is 0 Å². The molecule has 6 nitrogen and oxygen atoms in total. The molecule has 150 valence electrons. The minimum Gasteiger partial charge on any atom is -0.464 e. The largest absolute Gasteiger partial charge is 0.464 e. The molecule has 0 bridgehead atoms. The highest BCUT2D eigenvalue weighted by atomic mass is 35.5. The topological polar surface area (TPSA) is 95.9 Å². The number of amides is 1. The summed E-state index contributed by atoms with van der Waals surface area (Å²) in [5, 5.41) is 23.7. The molecule has 2 aromatic rings. The molecular formula is C20H21Cl2NO5. The average molecular weight is 426 g/mol. The first-order valence-corrected chi connectivity index (χ1v) is 9.39. The van der Waals surface area contributed by atoms with Crippen molar-refractivity contribution < 1.29 is 24.5 Å². The fraction of sp³-hybridized carbons (Fsp3) is 0.300. The Morgan fingerprint density at radius 2 is 1.71 bits per heavy atom. The number of aliphatic hydroxyl groups excluding tert-OH is 2. The van der Waals surface area contributed by atoms with Crippen LogP contribution in [0.3, 0.4) is 0 Å². The molecular weight excluding hydrogens is 405 g/mol. The third kappa shape index (κ3) is 5.94. The molecule has 0 radical (unpaired) electrons. The Bertz CT molecular complexity index is 792.